The Morgan fingerprint density at radius 1 is 1.37 bits per heavy atom. The van der Waals surface area contributed by atoms with Crippen molar-refractivity contribution in [2.24, 2.45) is 0 Å². The Labute approximate surface area is 115 Å². The van der Waals surface area contributed by atoms with E-state index >= 15 is 0 Å². The Kier molecular flexibility index (Phi) is 3.76. The van der Waals surface area contributed by atoms with Crippen LogP contribution in [0.4, 0.5) is 5.69 Å². The molecule has 0 aromatic heterocycles. The molecule has 2 unspecified atom stereocenters. The van der Waals surface area contributed by atoms with Gasteiger partial charge in [0.15, 0.2) is 0 Å². The van der Waals surface area contributed by atoms with Gasteiger partial charge in [0.05, 0.1) is 12.2 Å². The zero-order valence-corrected chi connectivity index (χ0v) is 11.7. The second-order valence-electron chi connectivity index (χ2n) is 5.72. The number of ether oxygens (including phenoxy) is 2. The average molecular weight is 261 g/mol. The van der Waals surface area contributed by atoms with Crippen LogP contribution in [0.15, 0.2) is 24.3 Å². The molecule has 104 valence electrons. The Balaban J connectivity index is 1.65. The quantitative estimate of drug-likeness (QED) is 0.907. The van der Waals surface area contributed by atoms with Crippen LogP contribution < -0.4 is 5.32 Å². The maximum absolute atomic E-state index is 5.97. The fourth-order valence-corrected chi connectivity index (χ4v) is 3.13. The monoisotopic (exact) mass is 261 g/mol. The predicted octanol–water partition coefficient (Wildman–Crippen LogP) is 3.00. The van der Waals surface area contributed by atoms with Crippen LogP contribution in [0, 0.1) is 0 Å². The number of rotatable bonds is 3. The number of hydrogen-bond donors (Lipinski definition) is 1. The third-order valence-corrected chi connectivity index (χ3v) is 4.27. The highest BCUT2D eigenvalue weighted by molar-refractivity contribution is 5.46. The van der Waals surface area contributed by atoms with Crippen molar-refractivity contribution in [1.82, 2.24) is 0 Å². The standard InChI is InChI=1S/C16H23NO2/c1-2-13-4-3-5-14(10-13)17-15-6-8-19-16(11-15)7-9-18-12-16/h3-5,10,15,17H,2,6-9,11-12H2,1H3. The molecule has 2 fully saturated rings. The van der Waals surface area contributed by atoms with Gasteiger partial charge in [0, 0.05) is 31.4 Å². The van der Waals surface area contributed by atoms with Gasteiger partial charge in [0.2, 0.25) is 0 Å². The lowest BCUT2D eigenvalue weighted by molar-refractivity contribution is -0.0828. The molecule has 2 heterocycles. The molecule has 1 N–H and O–H groups in total. The van der Waals surface area contributed by atoms with Crippen molar-refractivity contribution in [3.8, 4) is 0 Å². The van der Waals surface area contributed by atoms with E-state index in [1.165, 1.54) is 11.3 Å². The van der Waals surface area contributed by atoms with E-state index in [1.54, 1.807) is 0 Å². The highest BCUT2D eigenvalue weighted by Crippen LogP contribution is 2.34. The van der Waals surface area contributed by atoms with Gasteiger partial charge in [0.25, 0.3) is 0 Å². The molecule has 0 bridgehead atoms. The summed E-state index contributed by atoms with van der Waals surface area (Å²) in [4.78, 5) is 0. The first-order valence-electron chi connectivity index (χ1n) is 7.37. The minimum Gasteiger partial charge on any atom is -0.382 e. The normalized spacial score (nSPS) is 30.7. The smallest absolute Gasteiger partial charge is 0.0956 e. The summed E-state index contributed by atoms with van der Waals surface area (Å²) in [5, 5.41) is 3.67. The van der Waals surface area contributed by atoms with E-state index in [1.807, 2.05) is 0 Å². The van der Waals surface area contributed by atoms with Gasteiger partial charge in [-0.25, -0.2) is 0 Å². The molecule has 3 heteroatoms. The second kappa shape index (κ2) is 5.51. The van der Waals surface area contributed by atoms with Crippen LogP contribution in [0.5, 0.6) is 0 Å². The van der Waals surface area contributed by atoms with Crippen LogP contribution >= 0.6 is 0 Å². The second-order valence-corrected chi connectivity index (χ2v) is 5.72. The molecule has 0 radical (unpaired) electrons. The molecule has 1 aromatic rings. The molecule has 19 heavy (non-hydrogen) atoms. The van der Waals surface area contributed by atoms with Crippen LogP contribution in [0.2, 0.25) is 0 Å². The first-order valence-corrected chi connectivity index (χ1v) is 7.37. The Morgan fingerprint density at radius 2 is 2.32 bits per heavy atom. The molecule has 0 aliphatic carbocycles. The number of hydrogen-bond acceptors (Lipinski definition) is 3. The molecule has 3 nitrogen and oxygen atoms in total. The van der Waals surface area contributed by atoms with Crippen LogP contribution in [-0.4, -0.2) is 31.5 Å². The topological polar surface area (TPSA) is 30.5 Å². The summed E-state index contributed by atoms with van der Waals surface area (Å²) in [6.07, 6.45) is 4.27. The molecule has 0 amide bonds. The molecule has 0 saturated carbocycles. The first kappa shape index (κ1) is 12.9. The van der Waals surface area contributed by atoms with Crippen LogP contribution in [0.1, 0.15) is 31.7 Å². The number of aryl methyl sites for hydroxylation is 1. The van der Waals surface area contributed by atoms with Crippen LogP contribution in [0.25, 0.3) is 0 Å². The van der Waals surface area contributed by atoms with Gasteiger partial charge in [-0.05, 0) is 37.0 Å². The molecule has 2 saturated heterocycles. The molecule has 2 aliphatic heterocycles. The summed E-state index contributed by atoms with van der Waals surface area (Å²) >= 11 is 0. The van der Waals surface area contributed by atoms with Gasteiger partial charge < -0.3 is 14.8 Å². The van der Waals surface area contributed by atoms with E-state index in [9.17, 15) is 0 Å². The summed E-state index contributed by atoms with van der Waals surface area (Å²) in [5.74, 6) is 0. The molecular formula is C16H23NO2. The maximum Gasteiger partial charge on any atom is 0.0956 e. The van der Waals surface area contributed by atoms with Gasteiger partial charge in [-0.1, -0.05) is 19.1 Å². The van der Waals surface area contributed by atoms with Crippen molar-refractivity contribution in [1.29, 1.82) is 0 Å². The van der Waals surface area contributed by atoms with Gasteiger partial charge in [-0.2, -0.15) is 0 Å². The summed E-state index contributed by atoms with van der Waals surface area (Å²) < 4.78 is 11.5. The van der Waals surface area contributed by atoms with Crippen molar-refractivity contribution in [2.45, 2.75) is 44.2 Å². The molecule has 3 rings (SSSR count). The highest BCUT2D eigenvalue weighted by atomic mass is 16.6. The molecule has 1 aromatic carbocycles. The third-order valence-electron chi connectivity index (χ3n) is 4.27. The van der Waals surface area contributed by atoms with Gasteiger partial charge in [-0.15, -0.1) is 0 Å². The minimum atomic E-state index is -0.0156. The fourth-order valence-electron chi connectivity index (χ4n) is 3.13. The SMILES string of the molecule is CCc1cccc(NC2CCOC3(CCOC3)C2)c1. The molecular weight excluding hydrogens is 238 g/mol. The molecule has 1 spiro atoms. The van der Waals surface area contributed by atoms with E-state index in [0.717, 1.165) is 45.5 Å². The Bertz CT molecular complexity index is 427. The summed E-state index contributed by atoms with van der Waals surface area (Å²) in [5.41, 5.74) is 2.61. The Hall–Kier alpha value is -1.06. The summed E-state index contributed by atoms with van der Waals surface area (Å²) in [6, 6.07) is 9.23. The maximum atomic E-state index is 5.97. The highest BCUT2D eigenvalue weighted by Gasteiger charge is 2.40. The van der Waals surface area contributed by atoms with Gasteiger partial charge >= 0.3 is 0 Å². The van der Waals surface area contributed by atoms with E-state index in [2.05, 4.69) is 36.5 Å². The zero-order chi connectivity index (χ0) is 13.1. The first-order chi connectivity index (χ1) is 9.30. The largest absolute Gasteiger partial charge is 0.382 e. The average Bonchev–Trinajstić information content (AvgIpc) is 2.87. The lowest BCUT2D eigenvalue weighted by atomic mass is 9.89. The van der Waals surface area contributed by atoms with Crippen LogP contribution in [0.3, 0.4) is 0 Å². The van der Waals surface area contributed by atoms with E-state index in [4.69, 9.17) is 9.47 Å². The Morgan fingerprint density at radius 3 is 3.11 bits per heavy atom. The number of benzene rings is 1. The molecule has 2 atom stereocenters. The summed E-state index contributed by atoms with van der Waals surface area (Å²) in [7, 11) is 0. The number of nitrogens with one attached hydrogen (secondary N) is 1. The lowest BCUT2D eigenvalue weighted by Crippen LogP contribution is -2.44. The van der Waals surface area contributed by atoms with Crippen molar-refractivity contribution in [3.05, 3.63) is 29.8 Å². The number of anilines is 1. The van der Waals surface area contributed by atoms with Crippen molar-refractivity contribution in [3.63, 3.8) is 0 Å². The zero-order valence-electron chi connectivity index (χ0n) is 11.7. The van der Waals surface area contributed by atoms with Crippen molar-refractivity contribution >= 4 is 5.69 Å². The fraction of sp³-hybridized carbons (Fsp3) is 0.625. The van der Waals surface area contributed by atoms with Gasteiger partial charge in [0.1, 0.15) is 0 Å². The minimum absolute atomic E-state index is 0.0156. The van der Waals surface area contributed by atoms with Crippen LogP contribution in [-0.2, 0) is 15.9 Å². The van der Waals surface area contributed by atoms with Crippen molar-refractivity contribution in [2.75, 3.05) is 25.1 Å². The van der Waals surface area contributed by atoms with E-state index in [-0.39, 0.29) is 5.60 Å². The van der Waals surface area contributed by atoms with Crippen molar-refractivity contribution < 1.29 is 9.47 Å². The summed E-state index contributed by atoms with van der Waals surface area (Å²) in [6.45, 7) is 4.64. The molecule has 2 aliphatic rings. The predicted molar refractivity (Wildman–Crippen MR) is 76.6 cm³/mol. The third kappa shape index (κ3) is 2.93. The van der Waals surface area contributed by atoms with Gasteiger partial charge in [-0.3, -0.25) is 0 Å². The lowest BCUT2D eigenvalue weighted by Gasteiger charge is -2.37. The van der Waals surface area contributed by atoms with E-state index in [0.29, 0.717) is 6.04 Å². The van der Waals surface area contributed by atoms with E-state index < -0.39 is 0 Å².